The number of nitrogens with zero attached hydrogens (tertiary/aromatic N) is 10. The Kier molecular flexibility index (Phi) is 43.4. The van der Waals surface area contributed by atoms with Gasteiger partial charge in [-0.2, -0.15) is 0 Å². The van der Waals surface area contributed by atoms with Crippen LogP contribution >= 0.6 is 0 Å². The summed E-state index contributed by atoms with van der Waals surface area (Å²) >= 11 is 0. The smallest absolute Gasteiger partial charge is 0.119 e. The van der Waals surface area contributed by atoms with Crippen LogP contribution < -0.4 is 66.1 Å². The molecule has 0 bridgehead atoms. The van der Waals surface area contributed by atoms with Crippen molar-refractivity contribution in [2.24, 2.45) is 33.8 Å². The molecule has 31 nitrogen and oxygen atoms in total. The van der Waals surface area contributed by atoms with Crippen LogP contribution in [0.15, 0.2) is 199 Å². The average molecular weight is 1970 g/mol. The largest absolute Gasteiger partial charge is 0.491 e. The van der Waals surface area contributed by atoms with Crippen molar-refractivity contribution in [3.63, 3.8) is 0 Å². The molecule has 17 rings (SSSR count). The van der Waals surface area contributed by atoms with E-state index in [4.69, 9.17) is 79.8 Å². The van der Waals surface area contributed by atoms with E-state index in [-0.39, 0.29) is 74.5 Å². The number of piperazine rings is 5. The molecule has 0 aromatic heterocycles. The van der Waals surface area contributed by atoms with Crippen molar-refractivity contribution in [3.05, 3.63) is 239 Å². The van der Waals surface area contributed by atoms with Gasteiger partial charge < -0.3 is 106 Å². The Hall–Kier alpha value is -9.05. The summed E-state index contributed by atoms with van der Waals surface area (Å²) in [5, 5.41) is 47.7. The molecule has 0 aliphatic carbocycles. The summed E-state index contributed by atoms with van der Waals surface area (Å²) < 4.78 is 70.2. The van der Waals surface area contributed by atoms with E-state index in [1.165, 1.54) is 41.1 Å². The van der Waals surface area contributed by atoms with Crippen LogP contribution in [0.1, 0.15) is 95.4 Å². The van der Waals surface area contributed by atoms with Gasteiger partial charge in [-0.3, -0.25) is 49.1 Å². The minimum atomic E-state index is -0.646. The number of hydrogen-bond acceptors (Lipinski definition) is 31. The van der Waals surface area contributed by atoms with Crippen molar-refractivity contribution >= 4 is 5.71 Å². The number of aliphatic imine (C=N–C) groups is 1. The van der Waals surface area contributed by atoms with Crippen molar-refractivity contribution in [1.29, 1.82) is 0 Å². The maximum Gasteiger partial charge on any atom is 0.119 e. The van der Waals surface area contributed by atoms with Gasteiger partial charge in [-0.1, -0.05) is 111 Å². The second-order valence-corrected chi connectivity index (χ2v) is 39.9. The first-order valence-corrected chi connectivity index (χ1v) is 52.5. The van der Waals surface area contributed by atoms with E-state index in [2.05, 4.69) is 221 Å². The van der Waals surface area contributed by atoms with Crippen molar-refractivity contribution < 1.29 is 77.3 Å². The van der Waals surface area contributed by atoms with Crippen molar-refractivity contribution in [2.75, 3.05) is 302 Å². The molecule has 9 heterocycles. The number of hydrogen-bond donors (Lipinski definition) is 9. The maximum atomic E-state index is 11.1. The van der Waals surface area contributed by atoms with Gasteiger partial charge >= 0.3 is 0 Å². The number of ether oxygens (including phenoxy) is 12. The fourth-order valence-corrected chi connectivity index (χ4v) is 19.6. The molecule has 8 atom stereocenters. The lowest BCUT2D eigenvalue weighted by Crippen LogP contribution is -2.50. The highest BCUT2D eigenvalue weighted by atomic mass is 16.6. The minimum Gasteiger partial charge on any atom is -0.491 e. The number of aliphatic hydroxyl groups excluding tert-OH is 4. The summed E-state index contributed by atoms with van der Waals surface area (Å²) in [7, 11) is 0. The van der Waals surface area contributed by atoms with E-state index >= 15 is 0 Å². The van der Waals surface area contributed by atoms with Gasteiger partial charge in [0.25, 0.3) is 0 Å². The average Bonchev–Trinajstić information content (AvgIpc) is 1.77. The number of nitrogens with one attached hydrogen (secondary N) is 1. The van der Waals surface area contributed by atoms with Crippen LogP contribution in [0.25, 0.3) is 0 Å². The van der Waals surface area contributed by atoms with Gasteiger partial charge in [-0.25, -0.2) is 0 Å². The number of benzene rings is 8. The Balaban J connectivity index is 0.000000208. The van der Waals surface area contributed by atoms with Gasteiger partial charge in [0.1, 0.15) is 148 Å². The van der Waals surface area contributed by atoms with Crippen molar-refractivity contribution in [1.82, 2.24) is 49.4 Å². The van der Waals surface area contributed by atoms with E-state index < -0.39 is 24.4 Å². The maximum absolute atomic E-state index is 11.1. The number of nitrogens with two attached hydrogens (primary N) is 4. The Morgan fingerprint density at radius 3 is 0.671 bits per heavy atom. The van der Waals surface area contributed by atoms with Crippen LogP contribution in [-0.4, -0.2) is 421 Å². The summed E-state index contributed by atoms with van der Waals surface area (Å²) in [4.78, 5) is 25.7. The molecule has 31 heteroatoms. The Morgan fingerprint density at radius 2 is 0.483 bits per heavy atom. The Morgan fingerprint density at radius 1 is 0.294 bits per heavy atom. The van der Waals surface area contributed by atoms with Gasteiger partial charge in [0.15, 0.2) is 0 Å². The van der Waals surface area contributed by atoms with Crippen LogP contribution in [0.2, 0.25) is 0 Å². The first kappa shape index (κ1) is 108. The Labute approximate surface area is 847 Å². The molecule has 0 amide bonds. The molecule has 13 N–H and O–H groups in total. The van der Waals surface area contributed by atoms with E-state index in [0.29, 0.717) is 102 Å². The predicted molar refractivity (Wildman–Crippen MR) is 560 cm³/mol. The van der Waals surface area contributed by atoms with E-state index in [0.717, 1.165) is 241 Å². The molecule has 143 heavy (non-hydrogen) atoms. The third kappa shape index (κ3) is 36.8. The second kappa shape index (κ2) is 57.3. The molecular weight excluding hydrogens is 1810 g/mol. The van der Waals surface area contributed by atoms with Crippen LogP contribution in [0.5, 0.6) is 46.0 Å². The summed E-state index contributed by atoms with van der Waals surface area (Å²) in [5.74, 6) is 6.26. The number of β-amino-alcohol motifs (C(OH)–C–C–N with tert-alkyl or cyclic N) is 4. The second-order valence-electron chi connectivity index (χ2n) is 39.9. The molecule has 0 radical (unpaired) electrons. The zero-order chi connectivity index (χ0) is 99.3. The molecule has 9 fully saturated rings. The van der Waals surface area contributed by atoms with Gasteiger partial charge in [-0.15, -0.1) is 0 Å². The molecule has 8 aromatic carbocycles. The van der Waals surface area contributed by atoms with Crippen LogP contribution in [0.3, 0.4) is 0 Å². The van der Waals surface area contributed by atoms with E-state index in [1.807, 2.05) is 48.5 Å². The number of rotatable bonds is 55. The monoisotopic (exact) mass is 1970 g/mol. The van der Waals surface area contributed by atoms with Crippen LogP contribution in [-0.2, 0) is 18.9 Å². The van der Waals surface area contributed by atoms with Gasteiger partial charge in [0.05, 0.1) is 33.0 Å². The molecule has 0 spiro atoms. The molecular formula is C112H161N15O16. The van der Waals surface area contributed by atoms with Gasteiger partial charge in [0, 0.05) is 245 Å². The minimum absolute atomic E-state index is 0.0140. The number of epoxide rings is 4. The zero-order valence-electron chi connectivity index (χ0n) is 84.7. The highest BCUT2D eigenvalue weighted by molar-refractivity contribution is 5.82. The van der Waals surface area contributed by atoms with Gasteiger partial charge in [0.2, 0.25) is 0 Å². The van der Waals surface area contributed by atoms with E-state index in [1.54, 1.807) is 0 Å². The standard InChI is InChI=1S/C62H98N12O8.C38H38O8.C12H25N3/c63-17-21-67-25-33-71(34-26-67)41-53(75)45-79-57-9-1-49(2-10-57)61(50-3-11-58(12-4-50)80-46-54(76)42-72-35-27-68(22-18-64)28-36-72)62(51-5-13-59(14-6-51)81-47-55(77)43-73-37-29-69(23-19-65)30-38-73)52-7-15-60(16-8-52)82-48-56(78)44-74-39-31-70(24-20-66)32-40-74;1-9-29(39-17-33-21-43-33)10-2-25(1)37(26-3-11-30(12-4-26)40-18-34-22-44-34)38(27-5-13-31(14-6-27)41-19-35-23-45-35)28-7-15-32(16-8-28)42-20-36-24-46-36;1-11(2)10-12(3)14-6-9-15-7-4-13-5-8-15/h1-16,53-56,61-62,75-78H,17-48,63-66H2;1-16,33-38H,17-24H2;11,13H,4-10H2,1-3H3. The summed E-state index contributed by atoms with van der Waals surface area (Å²) in [6, 6.07) is 66.7. The van der Waals surface area contributed by atoms with Gasteiger partial charge in [-0.05, 0) is 161 Å². The first-order chi connectivity index (χ1) is 69.9. The molecule has 780 valence electrons. The zero-order valence-corrected chi connectivity index (χ0v) is 84.7. The third-order valence-corrected chi connectivity index (χ3v) is 27.9. The number of aliphatic hydroxyl groups is 4. The molecule has 8 unspecified atom stereocenters. The lowest BCUT2D eigenvalue weighted by Gasteiger charge is -2.35. The Bertz CT molecular complexity index is 4330. The first-order valence-electron chi connectivity index (χ1n) is 52.5. The molecule has 9 aliphatic heterocycles. The lowest BCUT2D eigenvalue weighted by atomic mass is 9.73. The summed E-state index contributed by atoms with van der Waals surface area (Å²) in [6.45, 7) is 42.4. The molecule has 8 aromatic rings. The molecule has 9 aliphatic rings. The van der Waals surface area contributed by atoms with Crippen LogP contribution in [0, 0.1) is 5.92 Å². The summed E-state index contributed by atoms with van der Waals surface area (Å²) in [5.41, 5.74) is 33.4. The normalized spacial score (nSPS) is 21.3. The fourth-order valence-electron chi connectivity index (χ4n) is 19.6. The van der Waals surface area contributed by atoms with Crippen molar-refractivity contribution in [2.45, 2.75) is 99.7 Å². The SMILES string of the molecule is CC(CC(C)C)=NCCN1CCNCC1.NCCN1CCN(CC(O)COc2ccc(C(c3ccc(OCC(O)CN4CCN(CCN)CC4)cc3)C(c3ccc(OCC(O)CN4CCN(CCN)CC4)cc3)c3ccc(OCC(O)CN4CCN(CCN)CC4)cc3)cc2)CC1.c1cc(C(c2ccc(OCC3CO3)cc2)C(c2ccc(OCC3CO3)cc2)c2ccc(OCC3CO3)cc2)ccc1OCC1CO1. The van der Waals surface area contributed by atoms with Crippen molar-refractivity contribution in [3.8, 4) is 46.0 Å². The van der Waals surface area contributed by atoms with E-state index in [9.17, 15) is 20.4 Å². The third-order valence-electron chi connectivity index (χ3n) is 27.9. The lowest BCUT2D eigenvalue weighted by molar-refractivity contribution is 0.0466. The highest BCUT2D eigenvalue weighted by Gasteiger charge is 2.35. The molecule has 9 saturated heterocycles. The quantitative estimate of drug-likeness (QED) is 0.0136. The van der Waals surface area contributed by atoms with Crippen LogP contribution in [0.4, 0.5) is 0 Å². The molecule has 0 saturated carbocycles. The topological polar surface area (TPSA) is 363 Å². The fraction of sp³-hybridized carbons (Fsp3) is 0.562. The summed E-state index contributed by atoms with van der Waals surface area (Å²) in [6.07, 6.45) is -0.621. The predicted octanol–water partition coefficient (Wildman–Crippen LogP) is 7.07. The highest BCUT2D eigenvalue weighted by Crippen LogP contribution is 2.47.